The van der Waals surface area contributed by atoms with Crippen molar-refractivity contribution in [3.63, 3.8) is 0 Å². The number of carbonyl (C=O) groups is 1. The molecule has 0 saturated carbocycles. The van der Waals surface area contributed by atoms with Crippen molar-refractivity contribution < 1.29 is 9.53 Å². The Morgan fingerprint density at radius 2 is 2.50 bits per heavy atom. The molecule has 52 valence electrons. The van der Waals surface area contributed by atoms with E-state index in [2.05, 4.69) is 11.4 Å². The van der Waals surface area contributed by atoms with Gasteiger partial charge in [-0.25, -0.2) is 4.85 Å². The van der Waals surface area contributed by atoms with Gasteiger partial charge in [-0.1, -0.05) is 6.58 Å². The van der Waals surface area contributed by atoms with Gasteiger partial charge in [0.25, 0.3) is 0 Å². The SMILES string of the molecule is [C-]#[N+]C(=C)C(=O)CC1CO1. The summed E-state index contributed by atoms with van der Waals surface area (Å²) in [7, 11) is 0. The molecule has 1 heterocycles. The van der Waals surface area contributed by atoms with Crippen LogP contribution in [0.25, 0.3) is 4.85 Å². The molecule has 10 heavy (non-hydrogen) atoms. The summed E-state index contributed by atoms with van der Waals surface area (Å²) in [4.78, 5) is 13.8. The molecule has 0 bridgehead atoms. The second-order valence-corrected chi connectivity index (χ2v) is 2.14. The average molecular weight is 137 g/mol. The van der Waals surface area contributed by atoms with E-state index in [-0.39, 0.29) is 17.6 Å². The zero-order valence-electron chi connectivity index (χ0n) is 5.46. The van der Waals surface area contributed by atoms with Gasteiger partial charge in [0.15, 0.2) is 5.78 Å². The number of nitrogens with zero attached hydrogens (tertiary/aromatic N) is 1. The molecule has 1 aliphatic rings. The van der Waals surface area contributed by atoms with Crippen LogP contribution in [0.2, 0.25) is 0 Å². The van der Waals surface area contributed by atoms with Crippen molar-refractivity contribution in [3.8, 4) is 0 Å². The molecular formula is C7H7NO2. The van der Waals surface area contributed by atoms with E-state index in [0.717, 1.165) is 0 Å². The van der Waals surface area contributed by atoms with Gasteiger partial charge in [0.05, 0.1) is 19.3 Å². The first-order valence-corrected chi connectivity index (χ1v) is 2.95. The van der Waals surface area contributed by atoms with Crippen molar-refractivity contribution in [1.82, 2.24) is 0 Å². The number of hydrogen-bond donors (Lipinski definition) is 0. The highest BCUT2D eigenvalue weighted by molar-refractivity contribution is 5.96. The van der Waals surface area contributed by atoms with Gasteiger partial charge in [-0.15, -0.1) is 0 Å². The van der Waals surface area contributed by atoms with Crippen LogP contribution < -0.4 is 0 Å². The minimum absolute atomic E-state index is 0.00972. The minimum Gasteiger partial charge on any atom is -0.373 e. The molecule has 1 saturated heterocycles. The highest BCUT2D eigenvalue weighted by atomic mass is 16.6. The molecular weight excluding hydrogens is 130 g/mol. The van der Waals surface area contributed by atoms with Crippen molar-refractivity contribution in [1.29, 1.82) is 0 Å². The summed E-state index contributed by atoms with van der Waals surface area (Å²) in [5.74, 6) is -0.197. The normalized spacial score (nSPS) is 21.3. The van der Waals surface area contributed by atoms with Crippen molar-refractivity contribution in [2.45, 2.75) is 12.5 Å². The number of carbonyl (C=O) groups excluding carboxylic acids is 1. The first-order valence-electron chi connectivity index (χ1n) is 2.95. The van der Waals surface area contributed by atoms with Crippen LogP contribution in [0.5, 0.6) is 0 Å². The second kappa shape index (κ2) is 2.63. The zero-order chi connectivity index (χ0) is 7.56. The fourth-order valence-corrected chi connectivity index (χ4v) is 0.573. The summed E-state index contributed by atoms with van der Waals surface area (Å²) >= 11 is 0. The van der Waals surface area contributed by atoms with Crippen LogP contribution in [0.3, 0.4) is 0 Å². The number of ketones is 1. The number of ether oxygens (including phenoxy) is 1. The monoisotopic (exact) mass is 137 g/mol. The Morgan fingerprint density at radius 3 is 2.90 bits per heavy atom. The Kier molecular flexibility index (Phi) is 1.83. The topological polar surface area (TPSA) is 34.0 Å². The van der Waals surface area contributed by atoms with Crippen LogP contribution in [0.4, 0.5) is 0 Å². The zero-order valence-corrected chi connectivity index (χ0v) is 5.46. The maximum atomic E-state index is 10.8. The van der Waals surface area contributed by atoms with Gasteiger partial charge >= 0.3 is 0 Å². The summed E-state index contributed by atoms with van der Waals surface area (Å²) in [6, 6.07) is 0. The molecule has 0 spiro atoms. The van der Waals surface area contributed by atoms with Crippen LogP contribution in [-0.2, 0) is 9.53 Å². The second-order valence-electron chi connectivity index (χ2n) is 2.14. The Hall–Kier alpha value is -1.14. The summed E-state index contributed by atoms with van der Waals surface area (Å²) in [5.41, 5.74) is 0.00972. The molecule has 3 heteroatoms. The van der Waals surface area contributed by atoms with Gasteiger partial charge < -0.3 is 9.53 Å². The van der Waals surface area contributed by atoms with Crippen molar-refractivity contribution in [3.05, 3.63) is 23.7 Å². The third-order valence-electron chi connectivity index (χ3n) is 1.27. The van der Waals surface area contributed by atoms with Crippen molar-refractivity contribution in [2.24, 2.45) is 0 Å². The maximum absolute atomic E-state index is 10.8. The number of hydrogen-bond acceptors (Lipinski definition) is 2. The summed E-state index contributed by atoms with van der Waals surface area (Å²) in [6.45, 7) is 10.4. The van der Waals surface area contributed by atoms with Gasteiger partial charge in [-0.05, 0) is 0 Å². The largest absolute Gasteiger partial charge is 0.373 e. The number of Topliss-reactive ketones (excluding diaryl/α,β-unsaturated/α-hetero) is 1. The Morgan fingerprint density at radius 1 is 1.90 bits per heavy atom. The van der Waals surface area contributed by atoms with Crippen LogP contribution >= 0.6 is 0 Å². The molecule has 0 aromatic carbocycles. The third-order valence-corrected chi connectivity index (χ3v) is 1.27. The van der Waals surface area contributed by atoms with Crippen LogP contribution in [0, 0.1) is 6.57 Å². The molecule has 1 atom stereocenters. The van der Waals surface area contributed by atoms with E-state index in [9.17, 15) is 4.79 Å². The van der Waals surface area contributed by atoms with E-state index < -0.39 is 0 Å². The Labute approximate surface area is 59.1 Å². The Bertz CT molecular complexity index is 210. The molecule has 0 aromatic heterocycles. The van der Waals surface area contributed by atoms with E-state index in [1.54, 1.807) is 0 Å². The molecule has 0 aliphatic carbocycles. The first kappa shape index (κ1) is 6.97. The summed E-state index contributed by atoms with van der Waals surface area (Å²) in [5, 5.41) is 0. The van der Waals surface area contributed by atoms with E-state index in [0.29, 0.717) is 13.0 Å². The van der Waals surface area contributed by atoms with Gasteiger partial charge in [-0.2, -0.15) is 0 Å². The minimum atomic E-state index is -0.197. The predicted molar refractivity (Wildman–Crippen MR) is 35.1 cm³/mol. The molecule has 0 radical (unpaired) electrons. The maximum Gasteiger partial charge on any atom is 0.222 e. The van der Waals surface area contributed by atoms with E-state index in [4.69, 9.17) is 11.3 Å². The van der Waals surface area contributed by atoms with E-state index >= 15 is 0 Å². The molecule has 1 unspecified atom stereocenters. The molecule has 0 aromatic rings. The molecule has 1 aliphatic heterocycles. The number of rotatable bonds is 3. The Balaban J connectivity index is 2.34. The first-order chi connectivity index (χ1) is 4.74. The van der Waals surface area contributed by atoms with Gasteiger partial charge in [0.2, 0.25) is 5.70 Å². The fourth-order valence-electron chi connectivity index (χ4n) is 0.573. The summed E-state index contributed by atoms with van der Waals surface area (Å²) < 4.78 is 4.81. The molecule has 0 N–H and O–H groups in total. The third kappa shape index (κ3) is 1.67. The molecule has 0 amide bonds. The number of allylic oxidation sites excluding steroid dienone is 1. The van der Waals surface area contributed by atoms with Crippen LogP contribution in [0.15, 0.2) is 12.3 Å². The van der Waals surface area contributed by atoms with E-state index in [1.807, 2.05) is 0 Å². The van der Waals surface area contributed by atoms with Crippen molar-refractivity contribution in [2.75, 3.05) is 6.61 Å². The lowest BCUT2D eigenvalue weighted by Crippen LogP contribution is -2.02. The highest BCUT2D eigenvalue weighted by Gasteiger charge is 2.26. The fraction of sp³-hybridized carbons (Fsp3) is 0.429. The average Bonchev–Trinajstić information content (AvgIpc) is 2.70. The van der Waals surface area contributed by atoms with Gasteiger partial charge in [0, 0.05) is 6.42 Å². The lowest BCUT2D eigenvalue weighted by atomic mass is 10.2. The summed E-state index contributed by atoms with van der Waals surface area (Å²) in [6.07, 6.45) is 0.382. The van der Waals surface area contributed by atoms with Gasteiger partial charge in [-0.3, -0.25) is 0 Å². The molecule has 3 nitrogen and oxygen atoms in total. The van der Waals surface area contributed by atoms with E-state index in [1.165, 1.54) is 0 Å². The van der Waals surface area contributed by atoms with Gasteiger partial charge in [0.1, 0.15) is 0 Å². The van der Waals surface area contributed by atoms with Crippen LogP contribution in [0.1, 0.15) is 6.42 Å². The smallest absolute Gasteiger partial charge is 0.222 e. The highest BCUT2D eigenvalue weighted by Crippen LogP contribution is 2.15. The standard InChI is InChI=1S/C7H7NO2/c1-5(8-2)7(9)3-6-4-10-6/h6H,1,3-4H2. The lowest BCUT2D eigenvalue weighted by Gasteiger charge is -1.90. The molecule has 1 fully saturated rings. The molecule has 1 rings (SSSR count). The number of epoxide rings is 1. The predicted octanol–water partition coefficient (Wildman–Crippen LogP) is 0.777. The van der Waals surface area contributed by atoms with Crippen molar-refractivity contribution >= 4 is 5.78 Å². The lowest BCUT2D eigenvalue weighted by molar-refractivity contribution is -0.115. The quantitative estimate of drug-likeness (QED) is 0.327. The van der Waals surface area contributed by atoms with Crippen LogP contribution in [-0.4, -0.2) is 18.5 Å².